The van der Waals surface area contributed by atoms with Crippen molar-refractivity contribution < 1.29 is 0 Å². The van der Waals surface area contributed by atoms with Gasteiger partial charge >= 0.3 is 0 Å². The Bertz CT molecular complexity index is 562. The number of aromatic nitrogens is 2. The molecule has 2 N–H and O–H groups in total. The molecule has 114 valence electrons. The van der Waals surface area contributed by atoms with Crippen LogP contribution >= 0.6 is 15.9 Å². The van der Waals surface area contributed by atoms with Gasteiger partial charge in [-0.05, 0) is 38.6 Å². The summed E-state index contributed by atoms with van der Waals surface area (Å²) >= 11 is 3.47. The van der Waals surface area contributed by atoms with Crippen LogP contribution in [-0.2, 0) is 6.54 Å². The maximum absolute atomic E-state index is 6.02. The zero-order valence-corrected chi connectivity index (χ0v) is 14.4. The van der Waals surface area contributed by atoms with Crippen molar-refractivity contribution in [2.45, 2.75) is 32.5 Å². The van der Waals surface area contributed by atoms with Crippen molar-refractivity contribution in [1.29, 1.82) is 0 Å². The van der Waals surface area contributed by atoms with Crippen LogP contribution in [0.25, 0.3) is 0 Å². The lowest BCUT2D eigenvalue weighted by molar-refractivity contribution is 0.230. The standard InChI is InChI=1S/C16H23BrN4/c1-12(2)21-11-19-9-16(21)15(8-18)20(3)10-13-4-6-14(17)7-5-13/h4-7,9,11-12,15H,8,10,18H2,1-3H3. The molecule has 0 fully saturated rings. The Morgan fingerprint density at radius 1 is 1.29 bits per heavy atom. The van der Waals surface area contributed by atoms with E-state index in [-0.39, 0.29) is 6.04 Å². The van der Waals surface area contributed by atoms with E-state index in [1.807, 2.05) is 12.5 Å². The highest BCUT2D eigenvalue weighted by Crippen LogP contribution is 2.23. The van der Waals surface area contributed by atoms with E-state index in [4.69, 9.17) is 5.73 Å². The third-order valence-corrected chi connectivity index (χ3v) is 4.22. The highest BCUT2D eigenvalue weighted by molar-refractivity contribution is 9.10. The summed E-state index contributed by atoms with van der Waals surface area (Å²) in [4.78, 5) is 6.56. The van der Waals surface area contributed by atoms with E-state index in [0.29, 0.717) is 12.6 Å². The van der Waals surface area contributed by atoms with Crippen LogP contribution in [0.15, 0.2) is 41.3 Å². The van der Waals surface area contributed by atoms with Gasteiger partial charge < -0.3 is 10.3 Å². The minimum absolute atomic E-state index is 0.165. The molecule has 0 saturated heterocycles. The average molecular weight is 351 g/mol. The summed E-state index contributed by atoms with van der Waals surface area (Å²) in [6, 6.07) is 8.95. The van der Waals surface area contributed by atoms with Crippen LogP contribution in [0.5, 0.6) is 0 Å². The molecule has 5 heteroatoms. The van der Waals surface area contributed by atoms with E-state index in [1.165, 1.54) is 11.3 Å². The first-order valence-electron chi connectivity index (χ1n) is 7.19. The van der Waals surface area contributed by atoms with Crippen LogP contribution in [0.1, 0.15) is 37.2 Å². The lowest BCUT2D eigenvalue weighted by atomic mass is 10.1. The molecule has 2 aromatic rings. The summed E-state index contributed by atoms with van der Waals surface area (Å²) in [6.45, 7) is 5.75. The van der Waals surface area contributed by atoms with Crippen molar-refractivity contribution in [3.8, 4) is 0 Å². The molecule has 0 amide bonds. The quantitative estimate of drug-likeness (QED) is 0.868. The molecular weight excluding hydrogens is 328 g/mol. The number of likely N-dealkylation sites (N-methyl/N-ethyl adjacent to an activating group) is 1. The van der Waals surface area contributed by atoms with Gasteiger partial charge in [-0.1, -0.05) is 28.1 Å². The molecular formula is C16H23BrN4. The molecule has 4 nitrogen and oxygen atoms in total. The van der Waals surface area contributed by atoms with E-state index in [9.17, 15) is 0 Å². The predicted molar refractivity (Wildman–Crippen MR) is 90.0 cm³/mol. The van der Waals surface area contributed by atoms with Gasteiger partial charge in [0.1, 0.15) is 0 Å². The van der Waals surface area contributed by atoms with Crippen molar-refractivity contribution in [3.05, 3.63) is 52.5 Å². The van der Waals surface area contributed by atoms with Crippen molar-refractivity contribution in [1.82, 2.24) is 14.5 Å². The zero-order chi connectivity index (χ0) is 15.4. The Hall–Kier alpha value is -1.17. The van der Waals surface area contributed by atoms with Crippen LogP contribution in [0.2, 0.25) is 0 Å². The van der Waals surface area contributed by atoms with Crippen LogP contribution < -0.4 is 5.73 Å². The third kappa shape index (κ3) is 3.93. The number of imidazole rings is 1. The van der Waals surface area contributed by atoms with Gasteiger partial charge in [-0.25, -0.2) is 4.98 Å². The second kappa shape index (κ2) is 7.20. The van der Waals surface area contributed by atoms with Crippen LogP contribution in [0.4, 0.5) is 0 Å². The fourth-order valence-corrected chi connectivity index (χ4v) is 2.78. The molecule has 0 aliphatic heterocycles. The predicted octanol–water partition coefficient (Wildman–Crippen LogP) is 3.36. The molecule has 0 bridgehead atoms. The molecule has 0 radical (unpaired) electrons. The molecule has 1 aromatic heterocycles. The summed E-state index contributed by atoms with van der Waals surface area (Å²) in [5.41, 5.74) is 8.47. The number of hydrogen-bond acceptors (Lipinski definition) is 3. The maximum atomic E-state index is 6.02. The van der Waals surface area contributed by atoms with Gasteiger partial charge in [-0.2, -0.15) is 0 Å². The number of nitrogens with zero attached hydrogens (tertiary/aromatic N) is 3. The van der Waals surface area contributed by atoms with Crippen LogP contribution in [0, 0.1) is 0 Å². The molecule has 2 rings (SSSR count). The Morgan fingerprint density at radius 2 is 1.95 bits per heavy atom. The normalized spacial score (nSPS) is 13.1. The third-order valence-electron chi connectivity index (χ3n) is 3.69. The molecule has 1 unspecified atom stereocenters. The fourth-order valence-electron chi connectivity index (χ4n) is 2.52. The van der Waals surface area contributed by atoms with E-state index in [2.05, 4.69) is 75.5 Å². The summed E-state index contributed by atoms with van der Waals surface area (Å²) in [6.07, 6.45) is 3.81. The lowest BCUT2D eigenvalue weighted by Gasteiger charge is -2.28. The summed E-state index contributed by atoms with van der Waals surface area (Å²) in [5.74, 6) is 0. The highest BCUT2D eigenvalue weighted by Gasteiger charge is 2.20. The summed E-state index contributed by atoms with van der Waals surface area (Å²) in [7, 11) is 2.11. The van der Waals surface area contributed by atoms with Gasteiger partial charge in [-0.15, -0.1) is 0 Å². The number of benzene rings is 1. The fraction of sp³-hybridized carbons (Fsp3) is 0.438. The molecule has 1 atom stereocenters. The first-order chi connectivity index (χ1) is 10.0. The van der Waals surface area contributed by atoms with Crippen molar-refractivity contribution in [3.63, 3.8) is 0 Å². The molecule has 1 heterocycles. The van der Waals surface area contributed by atoms with Gasteiger partial charge in [0, 0.05) is 29.8 Å². The van der Waals surface area contributed by atoms with Crippen molar-refractivity contribution in [2.75, 3.05) is 13.6 Å². The van der Waals surface area contributed by atoms with Gasteiger partial charge in [-0.3, -0.25) is 4.90 Å². The van der Waals surface area contributed by atoms with Crippen molar-refractivity contribution >= 4 is 15.9 Å². The van der Waals surface area contributed by atoms with Gasteiger partial charge in [0.05, 0.1) is 18.1 Å². The number of rotatable bonds is 6. The molecule has 21 heavy (non-hydrogen) atoms. The van der Waals surface area contributed by atoms with Crippen LogP contribution in [0.3, 0.4) is 0 Å². The topological polar surface area (TPSA) is 47.1 Å². The van der Waals surface area contributed by atoms with Gasteiger partial charge in [0.15, 0.2) is 0 Å². The Balaban J connectivity index is 2.16. The van der Waals surface area contributed by atoms with E-state index < -0.39 is 0 Å². The van der Waals surface area contributed by atoms with Crippen LogP contribution in [-0.4, -0.2) is 28.0 Å². The Kier molecular flexibility index (Phi) is 5.56. The monoisotopic (exact) mass is 350 g/mol. The summed E-state index contributed by atoms with van der Waals surface area (Å²) in [5, 5.41) is 0. The minimum atomic E-state index is 0.165. The smallest absolute Gasteiger partial charge is 0.0951 e. The molecule has 0 aliphatic carbocycles. The average Bonchev–Trinajstić information content (AvgIpc) is 2.91. The molecule has 1 aromatic carbocycles. The molecule has 0 spiro atoms. The first kappa shape index (κ1) is 16.2. The van der Waals surface area contributed by atoms with E-state index in [0.717, 1.165) is 11.0 Å². The maximum Gasteiger partial charge on any atom is 0.0951 e. The summed E-state index contributed by atoms with van der Waals surface area (Å²) < 4.78 is 3.29. The second-order valence-electron chi connectivity index (χ2n) is 5.61. The molecule has 0 saturated carbocycles. The van der Waals surface area contributed by atoms with Gasteiger partial charge in [0.25, 0.3) is 0 Å². The van der Waals surface area contributed by atoms with E-state index >= 15 is 0 Å². The SMILES string of the molecule is CC(C)n1cncc1C(CN)N(C)Cc1ccc(Br)cc1. The number of halogens is 1. The highest BCUT2D eigenvalue weighted by atomic mass is 79.9. The molecule has 0 aliphatic rings. The Morgan fingerprint density at radius 3 is 2.52 bits per heavy atom. The second-order valence-corrected chi connectivity index (χ2v) is 6.53. The number of nitrogens with two attached hydrogens (primary N) is 1. The number of hydrogen-bond donors (Lipinski definition) is 1. The zero-order valence-electron chi connectivity index (χ0n) is 12.8. The largest absolute Gasteiger partial charge is 0.331 e. The first-order valence-corrected chi connectivity index (χ1v) is 7.98. The van der Waals surface area contributed by atoms with Gasteiger partial charge in [0.2, 0.25) is 0 Å². The van der Waals surface area contributed by atoms with E-state index in [1.54, 1.807) is 0 Å². The lowest BCUT2D eigenvalue weighted by Crippen LogP contribution is -2.32. The van der Waals surface area contributed by atoms with Crippen molar-refractivity contribution in [2.24, 2.45) is 5.73 Å². The minimum Gasteiger partial charge on any atom is -0.331 e. The Labute approximate surface area is 135 Å².